The summed E-state index contributed by atoms with van der Waals surface area (Å²) in [5.41, 5.74) is 6.56. The number of nitrogens with two attached hydrogens (primary N) is 1. The van der Waals surface area contributed by atoms with Crippen molar-refractivity contribution in [2.75, 3.05) is 12.8 Å². The lowest BCUT2D eigenvalue weighted by atomic mass is 10.1. The molecule has 5 heteroatoms. The normalized spacial score (nSPS) is 10.9. The molecule has 0 radical (unpaired) electrons. The van der Waals surface area contributed by atoms with Gasteiger partial charge in [0.1, 0.15) is 11.3 Å². The second kappa shape index (κ2) is 4.02. The molecule has 0 amide bonds. The minimum Gasteiger partial charge on any atom is -0.398 e. The molecule has 0 fully saturated rings. The highest BCUT2D eigenvalue weighted by molar-refractivity contribution is 5.90. The van der Waals surface area contributed by atoms with Crippen molar-refractivity contribution in [2.24, 2.45) is 0 Å². The van der Waals surface area contributed by atoms with Gasteiger partial charge >= 0.3 is 0 Å². The van der Waals surface area contributed by atoms with Gasteiger partial charge < -0.3 is 10.5 Å². The van der Waals surface area contributed by atoms with Crippen LogP contribution in [0.5, 0.6) is 0 Å². The Morgan fingerprint density at radius 3 is 2.75 bits per heavy atom. The third kappa shape index (κ3) is 1.81. The van der Waals surface area contributed by atoms with E-state index in [4.69, 9.17) is 10.5 Å². The second-order valence-electron chi connectivity index (χ2n) is 3.42. The molecule has 1 aromatic heterocycles. The number of pyridine rings is 1. The first kappa shape index (κ1) is 10.8. The fourth-order valence-electron chi connectivity index (χ4n) is 1.55. The molecule has 1 heterocycles. The molecule has 0 spiro atoms. The number of aromatic nitrogens is 1. The van der Waals surface area contributed by atoms with Gasteiger partial charge in [0.25, 0.3) is 0 Å². The van der Waals surface area contributed by atoms with Crippen LogP contribution >= 0.6 is 0 Å². The van der Waals surface area contributed by atoms with Gasteiger partial charge in [0.15, 0.2) is 5.82 Å². The van der Waals surface area contributed by atoms with E-state index in [2.05, 4.69) is 4.98 Å². The Morgan fingerprint density at radius 1 is 1.31 bits per heavy atom. The van der Waals surface area contributed by atoms with E-state index in [1.165, 1.54) is 7.11 Å². The molecule has 0 unspecified atom stereocenters. The first-order chi connectivity index (χ1) is 7.61. The van der Waals surface area contributed by atoms with Crippen LogP contribution in [0.4, 0.5) is 14.5 Å². The average molecular weight is 224 g/mol. The van der Waals surface area contributed by atoms with Gasteiger partial charge in [0.05, 0.1) is 12.3 Å². The van der Waals surface area contributed by atoms with E-state index in [0.717, 1.165) is 12.1 Å². The SMILES string of the molecule is COCc1cc(N)c2cc(F)cc(F)c2n1. The highest BCUT2D eigenvalue weighted by Gasteiger charge is 2.09. The van der Waals surface area contributed by atoms with Gasteiger partial charge in [-0.1, -0.05) is 0 Å². The lowest BCUT2D eigenvalue weighted by Gasteiger charge is -2.06. The maximum atomic E-state index is 13.4. The van der Waals surface area contributed by atoms with Crippen molar-refractivity contribution in [1.29, 1.82) is 0 Å². The Bertz CT molecular complexity index is 543. The molecule has 0 aliphatic rings. The van der Waals surface area contributed by atoms with Crippen LogP contribution in [0.25, 0.3) is 10.9 Å². The van der Waals surface area contributed by atoms with Crippen LogP contribution in [0.3, 0.4) is 0 Å². The summed E-state index contributed by atoms with van der Waals surface area (Å²) in [4.78, 5) is 4.02. The number of hydrogen-bond donors (Lipinski definition) is 1. The van der Waals surface area contributed by atoms with E-state index in [0.29, 0.717) is 5.69 Å². The summed E-state index contributed by atoms with van der Waals surface area (Å²) in [5, 5.41) is 0.275. The van der Waals surface area contributed by atoms with Crippen LogP contribution in [0.15, 0.2) is 18.2 Å². The Balaban J connectivity index is 2.71. The Hall–Kier alpha value is -1.75. The summed E-state index contributed by atoms with van der Waals surface area (Å²) in [6.45, 7) is 0.233. The van der Waals surface area contributed by atoms with E-state index < -0.39 is 11.6 Å². The molecule has 16 heavy (non-hydrogen) atoms. The summed E-state index contributed by atoms with van der Waals surface area (Å²) in [7, 11) is 1.50. The minimum absolute atomic E-state index is 0.0634. The van der Waals surface area contributed by atoms with E-state index in [1.807, 2.05) is 0 Å². The molecule has 0 aliphatic carbocycles. The Kier molecular flexibility index (Phi) is 2.70. The number of hydrogen-bond acceptors (Lipinski definition) is 3. The van der Waals surface area contributed by atoms with E-state index in [1.54, 1.807) is 6.07 Å². The van der Waals surface area contributed by atoms with Crippen LogP contribution in [-0.2, 0) is 11.3 Å². The summed E-state index contributed by atoms with van der Waals surface area (Å²) >= 11 is 0. The molecule has 1 aromatic carbocycles. The Labute approximate surface area is 90.8 Å². The van der Waals surface area contributed by atoms with Crippen LogP contribution in [0, 0.1) is 11.6 Å². The monoisotopic (exact) mass is 224 g/mol. The first-order valence-electron chi connectivity index (χ1n) is 4.65. The van der Waals surface area contributed by atoms with Crippen molar-refractivity contribution in [3.8, 4) is 0 Å². The van der Waals surface area contributed by atoms with Crippen molar-refractivity contribution >= 4 is 16.6 Å². The predicted octanol–water partition coefficient (Wildman–Crippen LogP) is 2.24. The third-order valence-corrected chi connectivity index (χ3v) is 2.21. The number of rotatable bonds is 2. The molecule has 0 aliphatic heterocycles. The largest absolute Gasteiger partial charge is 0.398 e. The number of fused-ring (bicyclic) bond motifs is 1. The number of anilines is 1. The highest BCUT2D eigenvalue weighted by Crippen LogP contribution is 2.24. The van der Waals surface area contributed by atoms with Gasteiger partial charge in [0.2, 0.25) is 0 Å². The topological polar surface area (TPSA) is 48.1 Å². The zero-order valence-electron chi connectivity index (χ0n) is 8.63. The smallest absolute Gasteiger partial charge is 0.152 e. The predicted molar refractivity (Wildman–Crippen MR) is 56.8 cm³/mol. The molecule has 84 valence electrons. The summed E-state index contributed by atoms with van der Waals surface area (Å²) < 4.78 is 31.3. The Morgan fingerprint density at radius 2 is 2.06 bits per heavy atom. The van der Waals surface area contributed by atoms with Crippen molar-refractivity contribution in [3.63, 3.8) is 0 Å². The maximum absolute atomic E-state index is 13.4. The molecule has 2 aromatic rings. The van der Waals surface area contributed by atoms with Gasteiger partial charge in [-0.2, -0.15) is 0 Å². The standard InChI is InChI=1S/C11H10F2N2O/c1-16-5-7-4-10(14)8-2-6(12)3-9(13)11(8)15-7/h2-4H,5H2,1H3,(H2,14,15). The third-order valence-electron chi connectivity index (χ3n) is 2.21. The fourth-order valence-corrected chi connectivity index (χ4v) is 1.55. The van der Waals surface area contributed by atoms with Crippen LogP contribution in [-0.4, -0.2) is 12.1 Å². The number of benzene rings is 1. The molecular weight excluding hydrogens is 214 g/mol. The fraction of sp³-hybridized carbons (Fsp3) is 0.182. The minimum atomic E-state index is -0.723. The first-order valence-corrected chi connectivity index (χ1v) is 4.65. The van der Waals surface area contributed by atoms with E-state index in [9.17, 15) is 8.78 Å². The second-order valence-corrected chi connectivity index (χ2v) is 3.42. The number of methoxy groups -OCH3 is 1. The zero-order chi connectivity index (χ0) is 11.7. The number of ether oxygens (including phenoxy) is 1. The van der Waals surface area contributed by atoms with E-state index >= 15 is 0 Å². The zero-order valence-corrected chi connectivity index (χ0v) is 8.63. The molecular formula is C11H10F2N2O. The van der Waals surface area contributed by atoms with Gasteiger partial charge in [0, 0.05) is 24.2 Å². The lowest BCUT2D eigenvalue weighted by Crippen LogP contribution is -1.99. The quantitative estimate of drug-likeness (QED) is 0.851. The molecule has 0 saturated heterocycles. The van der Waals surface area contributed by atoms with Crippen molar-refractivity contribution in [1.82, 2.24) is 4.98 Å². The summed E-state index contributed by atoms with van der Waals surface area (Å²) in [6.07, 6.45) is 0. The highest BCUT2D eigenvalue weighted by atomic mass is 19.1. The average Bonchev–Trinajstić information content (AvgIpc) is 2.20. The lowest BCUT2D eigenvalue weighted by molar-refractivity contribution is 0.182. The molecule has 0 bridgehead atoms. The van der Waals surface area contributed by atoms with Crippen LogP contribution < -0.4 is 5.73 Å². The van der Waals surface area contributed by atoms with Gasteiger partial charge in [-0.3, -0.25) is 0 Å². The number of halogens is 2. The summed E-state index contributed by atoms with van der Waals surface area (Å²) in [5.74, 6) is -1.39. The summed E-state index contributed by atoms with van der Waals surface area (Å²) in [6, 6.07) is 3.49. The van der Waals surface area contributed by atoms with Crippen molar-refractivity contribution in [3.05, 3.63) is 35.5 Å². The molecule has 2 rings (SSSR count). The van der Waals surface area contributed by atoms with E-state index in [-0.39, 0.29) is 23.2 Å². The van der Waals surface area contributed by atoms with Crippen molar-refractivity contribution in [2.45, 2.75) is 6.61 Å². The number of nitrogen functional groups attached to an aromatic ring is 1. The number of nitrogens with zero attached hydrogens (tertiary/aromatic N) is 1. The van der Waals surface area contributed by atoms with Crippen molar-refractivity contribution < 1.29 is 13.5 Å². The van der Waals surface area contributed by atoms with Gasteiger partial charge in [-0.05, 0) is 12.1 Å². The molecule has 0 atom stereocenters. The molecule has 0 saturated carbocycles. The van der Waals surface area contributed by atoms with Crippen LogP contribution in [0.1, 0.15) is 5.69 Å². The van der Waals surface area contributed by atoms with Crippen LogP contribution in [0.2, 0.25) is 0 Å². The molecule has 2 N–H and O–H groups in total. The van der Waals surface area contributed by atoms with Gasteiger partial charge in [-0.25, -0.2) is 13.8 Å². The maximum Gasteiger partial charge on any atom is 0.152 e. The van der Waals surface area contributed by atoms with Gasteiger partial charge in [-0.15, -0.1) is 0 Å². The molecule has 3 nitrogen and oxygen atoms in total.